The molecule has 0 heterocycles. The molecule has 0 aliphatic heterocycles. The summed E-state index contributed by atoms with van der Waals surface area (Å²) in [5, 5.41) is 9.17. The summed E-state index contributed by atoms with van der Waals surface area (Å²) in [6, 6.07) is 10.0. The number of benzene rings is 2. The van der Waals surface area contributed by atoms with E-state index in [2.05, 4.69) is 13.8 Å². The Kier molecular flexibility index (Phi) is 4.77. The summed E-state index contributed by atoms with van der Waals surface area (Å²) in [5.74, 6) is -1.82. The Hall–Kier alpha value is -2.75. The number of hydrogen-bond acceptors (Lipinski definition) is 1. The second-order valence-electron chi connectivity index (χ2n) is 6.83. The van der Waals surface area contributed by atoms with Crippen LogP contribution in [0.25, 0.3) is 17.2 Å². The lowest BCUT2D eigenvalue weighted by molar-refractivity contribution is -0.135. The summed E-state index contributed by atoms with van der Waals surface area (Å²) in [6.45, 7) is 5.92. The second kappa shape index (κ2) is 6.87. The van der Waals surface area contributed by atoms with Crippen LogP contribution in [-0.4, -0.2) is 11.1 Å². The van der Waals surface area contributed by atoms with E-state index in [4.69, 9.17) is 5.11 Å². The van der Waals surface area contributed by atoms with Crippen LogP contribution in [0.5, 0.6) is 0 Å². The molecule has 0 atom stereocenters. The molecule has 26 heavy (non-hydrogen) atoms. The first-order valence-electron chi connectivity index (χ1n) is 8.52. The Bertz CT molecular complexity index is 935. The van der Waals surface area contributed by atoms with Gasteiger partial charge in [-0.05, 0) is 58.9 Å². The van der Waals surface area contributed by atoms with Crippen molar-refractivity contribution in [3.8, 4) is 0 Å². The summed E-state index contributed by atoms with van der Waals surface area (Å²) in [7, 11) is 0. The van der Waals surface area contributed by atoms with Crippen molar-refractivity contribution in [1.82, 2.24) is 0 Å². The fourth-order valence-electron chi connectivity index (χ4n) is 3.34. The van der Waals surface area contributed by atoms with E-state index in [0.717, 1.165) is 17.7 Å². The molecule has 0 saturated heterocycles. The van der Waals surface area contributed by atoms with Gasteiger partial charge in [-0.3, -0.25) is 4.79 Å². The van der Waals surface area contributed by atoms with Gasteiger partial charge in [0.2, 0.25) is 0 Å². The quantitative estimate of drug-likeness (QED) is 0.743. The molecule has 1 aliphatic carbocycles. The second-order valence-corrected chi connectivity index (χ2v) is 6.83. The highest BCUT2D eigenvalue weighted by Gasteiger charge is 2.30. The first kappa shape index (κ1) is 18.1. The average Bonchev–Trinajstić information content (AvgIpc) is 2.85. The minimum absolute atomic E-state index is 0.0648. The average molecular weight is 354 g/mol. The van der Waals surface area contributed by atoms with Gasteiger partial charge >= 0.3 is 5.97 Å². The lowest BCUT2D eigenvalue weighted by atomic mass is 9.97. The van der Waals surface area contributed by atoms with Gasteiger partial charge in [0.05, 0.1) is 6.42 Å². The number of aliphatic carboxylic acids is 1. The largest absolute Gasteiger partial charge is 0.481 e. The standard InChI is InChI=1S/C22H20F2O2/c1-12(2)15-6-4-14(5-7-15)10-16-13(3)17(11-20(25)26)22-19(24)9-8-18(23)21(16)22/h4-10,12H,11H2,1-3H3,(H,25,26)/b16-10+. The van der Waals surface area contributed by atoms with Crippen LogP contribution in [0.3, 0.4) is 0 Å². The molecule has 0 fully saturated rings. The first-order chi connectivity index (χ1) is 12.3. The zero-order valence-corrected chi connectivity index (χ0v) is 14.9. The summed E-state index contributed by atoms with van der Waals surface area (Å²) in [5.41, 5.74) is 3.71. The number of carboxylic acids is 1. The van der Waals surface area contributed by atoms with Gasteiger partial charge < -0.3 is 5.11 Å². The molecule has 0 amide bonds. The third-order valence-electron chi connectivity index (χ3n) is 4.77. The van der Waals surface area contributed by atoms with Gasteiger partial charge in [-0.15, -0.1) is 0 Å². The summed E-state index contributed by atoms with van der Waals surface area (Å²) >= 11 is 0. The van der Waals surface area contributed by atoms with E-state index in [1.165, 1.54) is 5.56 Å². The van der Waals surface area contributed by atoms with Crippen LogP contribution in [0.4, 0.5) is 8.78 Å². The Labute approximate surface area is 151 Å². The maximum atomic E-state index is 14.5. The van der Waals surface area contributed by atoms with Crippen molar-refractivity contribution in [3.05, 3.63) is 75.9 Å². The number of carboxylic acid groups (broad SMARTS) is 1. The van der Waals surface area contributed by atoms with Gasteiger partial charge in [0, 0.05) is 11.1 Å². The molecule has 0 aromatic heterocycles. The van der Waals surface area contributed by atoms with Gasteiger partial charge in [-0.1, -0.05) is 38.1 Å². The van der Waals surface area contributed by atoms with Crippen molar-refractivity contribution in [1.29, 1.82) is 0 Å². The number of fused-ring (bicyclic) bond motifs is 1. The highest BCUT2D eigenvalue weighted by molar-refractivity contribution is 6.07. The number of allylic oxidation sites excluding steroid dienone is 2. The van der Waals surface area contributed by atoms with Crippen LogP contribution in [0.15, 0.2) is 42.0 Å². The molecule has 2 aromatic rings. The van der Waals surface area contributed by atoms with Crippen LogP contribution in [0.2, 0.25) is 0 Å². The zero-order valence-electron chi connectivity index (χ0n) is 14.9. The van der Waals surface area contributed by atoms with Gasteiger partial charge in [0.1, 0.15) is 11.6 Å². The highest BCUT2D eigenvalue weighted by atomic mass is 19.1. The molecule has 1 N–H and O–H groups in total. The first-order valence-corrected chi connectivity index (χ1v) is 8.52. The van der Waals surface area contributed by atoms with Gasteiger partial charge in [0.25, 0.3) is 0 Å². The summed E-state index contributed by atoms with van der Waals surface area (Å²) in [4.78, 5) is 11.2. The van der Waals surface area contributed by atoms with Crippen LogP contribution in [0, 0.1) is 11.6 Å². The summed E-state index contributed by atoms with van der Waals surface area (Å²) in [6.07, 6.45) is 1.44. The van der Waals surface area contributed by atoms with Crippen molar-refractivity contribution >= 4 is 23.2 Å². The van der Waals surface area contributed by atoms with Gasteiger partial charge in [-0.25, -0.2) is 8.78 Å². The molecule has 0 bridgehead atoms. The highest BCUT2D eigenvalue weighted by Crippen LogP contribution is 2.45. The van der Waals surface area contributed by atoms with E-state index < -0.39 is 17.6 Å². The van der Waals surface area contributed by atoms with Crippen LogP contribution in [-0.2, 0) is 4.79 Å². The SMILES string of the molecule is CC1=C(CC(=O)O)c2c(F)ccc(F)c2/C1=C/c1ccc(C(C)C)cc1. The molecule has 0 unspecified atom stereocenters. The predicted molar refractivity (Wildman–Crippen MR) is 99.6 cm³/mol. The molecule has 134 valence electrons. The molecule has 0 spiro atoms. The third kappa shape index (κ3) is 3.19. The number of hydrogen-bond donors (Lipinski definition) is 1. The molecular formula is C22H20F2O2. The minimum atomic E-state index is -1.07. The van der Waals surface area contributed by atoms with E-state index in [1.807, 2.05) is 24.3 Å². The minimum Gasteiger partial charge on any atom is -0.481 e. The fraction of sp³-hybridized carbons (Fsp3) is 0.227. The molecule has 3 rings (SSSR count). The van der Waals surface area contributed by atoms with Gasteiger partial charge in [-0.2, -0.15) is 0 Å². The normalized spacial score (nSPS) is 15.1. The predicted octanol–water partition coefficient (Wildman–Crippen LogP) is 5.89. The van der Waals surface area contributed by atoms with E-state index in [9.17, 15) is 13.6 Å². The molecule has 0 radical (unpaired) electrons. The topological polar surface area (TPSA) is 37.3 Å². The maximum Gasteiger partial charge on any atom is 0.307 e. The zero-order chi connectivity index (χ0) is 19.0. The number of carbonyl (C=O) groups is 1. The molecular weight excluding hydrogens is 334 g/mol. The van der Waals surface area contributed by atoms with E-state index in [0.29, 0.717) is 22.6 Å². The van der Waals surface area contributed by atoms with Gasteiger partial charge in [0.15, 0.2) is 0 Å². The third-order valence-corrected chi connectivity index (χ3v) is 4.77. The fourth-order valence-corrected chi connectivity index (χ4v) is 3.34. The van der Waals surface area contributed by atoms with E-state index >= 15 is 0 Å². The monoisotopic (exact) mass is 354 g/mol. The number of rotatable bonds is 4. The lowest BCUT2D eigenvalue weighted by Crippen LogP contribution is -1.99. The maximum absolute atomic E-state index is 14.5. The Morgan fingerprint density at radius 1 is 1.04 bits per heavy atom. The van der Waals surface area contributed by atoms with Crippen LogP contribution >= 0.6 is 0 Å². The van der Waals surface area contributed by atoms with Crippen molar-refractivity contribution in [2.24, 2.45) is 0 Å². The Balaban J connectivity index is 2.17. The van der Waals surface area contributed by atoms with Crippen LogP contribution in [0.1, 0.15) is 55.4 Å². The Morgan fingerprint density at radius 2 is 1.62 bits per heavy atom. The Morgan fingerprint density at radius 3 is 2.15 bits per heavy atom. The smallest absolute Gasteiger partial charge is 0.307 e. The molecule has 0 saturated carbocycles. The lowest BCUT2D eigenvalue weighted by Gasteiger charge is -2.08. The summed E-state index contributed by atoms with van der Waals surface area (Å²) < 4.78 is 28.9. The molecule has 2 aromatic carbocycles. The van der Waals surface area contributed by atoms with Crippen LogP contribution < -0.4 is 0 Å². The number of halogens is 2. The molecule has 4 heteroatoms. The van der Waals surface area contributed by atoms with Crippen molar-refractivity contribution in [3.63, 3.8) is 0 Å². The van der Waals surface area contributed by atoms with Crippen molar-refractivity contribution in [2.75, 3.05) is 0 Å². The van der Waals surface area contributed by atoms with E-state index in [-0.39, 0.29) is 17.5 Å². The molecule has 2 nitrogen and oxygen atoms in total. The molecule has 1 aliphatic rings. The van der Waals surface area contributed by atoms with Crippen molar-refractivity contribution in [2.45, 2.75) is 33.1 Å². The van der Waals surface area contributed by atoms with Crippen molar-refractivity contribution < 1.29 is 18.7 Å². The van der Waals surface area contributed by atoms with E-state index in [1.54, 1.807) is 13.0 Å².